The minimum absolute atomic E-state index is 0. The molecule has 32 heavy (non-hydrogen) atoms. The van der Waals surface area contributed by atoms with E-state index in [2.05, 4.69) is 8.48 Å². The van der Waals surface area contributed by atoms with Gasteiger partial charge in [-0.3, -0.25) is 23.6 Å². The predicted octanol–water partition coefficient (Wildman–Crippen LogP) is -11.5. The van der Waals surface area contributed by atoms with Crippen LogP contribution in [0.3, 0.4) is 0 Å². The number of carboxylic acids is 2. The van der Waals surface area contributed by atoms with Gasteiger partial charge in [0, 0.05) is 9.79 Å². The zero-order chi connectivity index (χ0) is 21.5. The van der Waals surface area contributed by atoms with E-state index in [1.165, 1.54) is 0 Å². The summed E-state index contributed by atoms with van der Waals surface area (Å²) in [6, 6.07) is 8.76. The second-order valence-corrected chi connectivity index (χ2v) is 8.66. The fourth-order valence-electron chi connectivity index (χ4n) is 1.61. The summed E-state index contributed by atoms with van der Waals surface area (Å²) in [4.78, 5) is 20.3. The first kappa shape index (κ1) is 42.2. The zero-order valence-corrected chi connectivity index (χ0v) is 30.7. The molecule has 152 valence electrons. The van der Waals surface area contributed by atoms with Gasteiger partial charge in [-0.1, -0.05) is 24.3 Å². The molecule has 0 unspecified atom stereocenters. The third-order valence-corrected chi connectivity index (χ3v) is 6.15. The number of rotatable bonds is 6. The van der Waals surface area contributed by atoms with Crippen molar-refractivity contribution in [1.29, 1.82) is 0 Å². The average molecular weight is 591 g/mol. The summed E-state index contributed by atoms with van der Waals surface area (Å²) >= 11 is 9.68. The SMILES string of the molecule is O=C([O-])c1ccc(S(=O)(=O)[N-]Cl)cc1.O=C([O-])c1ccc(S(=O)(=O)[N-]Cl)cc1.[K+].[K+].[Na+].[Na+]. The molecule has 10 nitrogen and oxygen atoms in total. The molecule has 0 aliphatic heterocycles. The maximum absolute atomic E-state index is 11.0. The summed E-state index contributed by atoms with van der Waals surface area (Å²) in [7, 11) is -7.73. The van der Waals surface area contributed by atoms with Crippen molar-refractivity contribution < 1.29 is 199 Å². The number of carboxylic acid groups (broad SMARTS) is 2. The fourth-order valence-corrected chi connectivity index (χ4v) is 3.20. The maximum Gasteiger partial charge on any atom is 1.00 e. The molecule has 0 saturated carbocycles. The summed E-state index contributed by atoms with van der Waals surface area (Å²) in [6.45, 7) is 0. The molecule has 0 N–H and O–H groups in total. The van der Waals surface area contributed by atoms with Gasteiger partial charge >= 0.3 is 162 Å². The summed E-state index contributed by atoms with van der Waals surface area (Å²) in [5, 5.41) is 20.6. The number of hydrogen-bond acceptors (Lipinski definition) is 8. The van der Waals surface area contributed by atoms with Crippen LogP contribution in [0, 0.1) is 0 Å². The van der Waals surface area contributed by atoms with Crippen molar-refractivity contribution in [2.24, 2.45) is 0 Å². The van der Waals surface area contributed by atoms with Crippen LogP contribution in [0.2, 0.25) is 0 Å². The first-order valence-corrected chi connectivity index (χ1v) is 10.3. The van der Waals surface area contributed by atoms with Gasteiger partial charge in [-0.25, -0.2) is 16.8 Å². The number of benzene rings is 2. The Kier molecular flexibility index (Phi) is 26.4. The number of hydrogen-bond donors (Lipinski definition) is 0. The van der Waals surface area contributed by atoms with E-state index in [-0.39, 0.29) is 183 Å². The Morgan fingerprint density at radius 1 is 0.625 bits per heavy atom. The third kappa shape index (κ3) is 14.1. The van der Waals surface area contributed by atoms with Gasteiger partial charge in [-0.05, 0) is 35.4 Å². The fraction of sp³-hybridized carbons (Fsp3) is 0. The van der Waals surface area contributed by atoms with E-state index < -0.39 is 32.0 Å². The van der Waals surface area contributed by atoms with Crippen LogP contribution in [0.25, 0.3) is 8.48 Å². The minimum atomic E-state index is -3.86. The number of aromatic carboxylic acids is 2. The van der Waals surface area contributed by atoms with Crippen LogP contribution in [0.15, 0.2) is 58.3 Å². The molecular weight excluding hydrogens is 583 g/mol. The van der Waals surface area contributed by atoms with Crippen LogP contribution in [0.5, 0.6) is 0 Å². The van der Waals surface area contributed by atoms with E-state index in [9.17, 15) is 36.6 Å². The Morgan fingerprint density at radius 2 is 0.844 bits per heavy atom. The quantitative estimate of drug-likeness (QED) is 0.298. The van der Waals surface area contributed by atoms with E-state index in [1.807, 2.05) is 0 Å². The maximum atomic E-state index is 11.0. The van der Waals surface area contributed by atoms with Crippen LogP contribution >= 0.6 is 23.6 Å². The van der Waals surface area contributed by atoms with Crippen molar-refractivity contribution in [2.75, 3.05) is 0 Å². The van der Waals surface area contributed by atoms with Crippen LogP contribution in [0.4, 0.5) is 0 Å². The first-order valence-electron chi connectivity index (χ1n) is 6.74. The Hall–Kier alpha value is 3.05. The topological polar surface area (TPSA) is 177 Å². The van der Waals surface area contributed by atoms with Crippen molar-refractivity contribution in [1.82, 2.24) is 0 Å². The van der Waals surface area contributed by atoms with Crippen LogP contribution in [-0.4, -0.2) is 28.8 Å². The normalized spacial score (nSPS) is 9.81. The van der Waals surface area contributed by atoms with E-state index in [1.54, 1.807) is 0 Å². The van der Waals surface area contributed by atoms with Crippen molar-refractivity contribution >= 4 is 55.5 Å². The molecule has 0 aromatic heterocycles. The van der Waals surface area contributed by atoms with Crippen molar-refractivity contribution in [3.63, 3.8) is 0 Å². The van der Waals surface area contributed by atoms with Crippen LogP contribution in [-0.2, 0) is 20.0 Å². The molecule has 18 heteroatoms. The van der Waals surface area contributed by atoms with Gasteiger partial charge in [-0.15, -0.1) is 0 Å². The Morgan fingerprint density at radius 3 is 1.00 bits per heavy atom. The van der Waals surface area contributed by atoms with Crippen molar-refractivity contribution in [2.45, 2.75) is 9.79 Å². The number of sulfonamides is 2. The number of halogens is 2. The zero-order valence-electron chi connectivity index (χ0n) is 17.4. The van der Waals surface area contributed by atoms with Gasteiger partial charge in [-0.2, -0.15) is 0 Å². The molecule has 0 amide bonds. The first-order chi connectivity index (χ1) is 12.9. The predicted molar refractivity (Wildman–Crippen MR) is 94.3 cm³/mol. The Balaban J connectivity index is -0.000000218. The number of carbonyl (C=O) groups excluding carboxylic acids is 2. The summed E-state index contributed by atoms with van der Waals surface area (Å²) in [5.41, 5.74) is -0.225. The van der Waals surface area contributed by atoms with Gasteiger partial charge in [0.1, 0.15) is 20.0 Å². The van der Waals surface area contributed by atoms with Gasteiger partial charge < -0.3 is 28.3 Å². The van der Waals surface area contributed by atoms with Gasteiger partial charge in [0.25, 0.3) is 0 Å². The summed E-state index contributed by atoms with van der Waals surface area (Å²) in [6.07, 6.45) is 0. The van der Waals surface area contributed by atoms with Crippen LogP contribution < -0.4 is 172 Å². The molecule has 2 aromatic carbocycles. The Labute approximate surface area is 324 Å². The molecule has 0 aliphatic carbocycles. The molecule has 0 heterocycles. The molecule has 0 radical (unpaired) electrons. The van der Waals surface area contributed by atoms with Gasteiger partial charge in [0.2, 0.25) is 0 Å². The van der Waals surface area contributed by atoms with E-state index in [4.69, 9.17) is 23.6 Å². The summed E-state index contributed by atoms with van der Waals surface area (Å²) in [5.74, 6) is -2.76. The molecule has 0 bridgehead atoms. The Bertz CT molecular complexity index is 987. The van der Waals surface area contributed by atoms with Crippen molar-refractivity contribution in [3.8, 4) is 0 Å². The largest absolute Gasteiger partial charge is 1.00 e. The van der Waals surface area contributed by atoms with Crippen LogP contribution in [0.1, 0.15) is 20.7 Å². The molecule has 0 fully saturated rings. The van der Waals surface area contributed by atoms with Gasteiger partial charge in [0.15, 0.2) is 0 Å². The second kappa shape index (κ2) is 20.1. The third-order valence-electron chi connectivity index (χ3n) is 2.96. The molecule has 0 spiro atoms. The van der Waals surface area contributed by atoms with E-state index in [0.717, 1.165) is 48.5 Å². The van der Waals surface area contributed by atoms with Gasteiger partial charge in [0.05, 0.1) is 11.9 Å². The monoisotopic (exact) mass is 590 g/mol. The van der Waals surface area contributed by atoms with E-state index >= 15 is 0 Å². The second-order valence-electron chi connectivity index (χ2n) is 4.71. The van der Waals surface area contributed by atoms with E-state index in [0.29, 0.717) is 0 Å². The molecular formula is C14H8Cl2K2N2Na2O8S2. The minimum Gasteiger partial charge on any atom is -0.545 e. The number of nitrogens with zero attached hydrogens (tertiary/aromatic N) is 2. The molecule has 2 aromatic rings. The number of carbonyl (C=O) groups is 2. The average Bonchev–Trinajstić information content (AvgIpc) is 2.68. The molecule has 2 rings (SSSR count). The molecule has 0 saturated heterocycles. The molecule has 0 aliphatic rings. The summed E-state index contributed by atoms with van der Waals surface area (Å²) < 4.78 is 49.4. The molecule has 0 atom stereocenters. The standard InChI is InChI=1S/2C7H5ClNO4S.2K.2Na/c2*8-9-14(12,13)6-3-1-5(2-4-6)7(10)11;;;;/h2*1-4H,(H,10,11);;;;/q2*-1;4*+1/p-2. The smallest absolute Gasteiger partial charge is 0.545 e. The van der Waals surface area contributed by atoms with Crippen molar-refractivity contribution in [3.05, 3.63) is 68.1 Å².